The number of likely N-dealkylation sites (tertiary alicyclic amines) is 1. The van der Waals surface area contributed by atoms with Gasteiger partial charge in [-0.2, -0.15) is 5.26 Å². The molecule has 1 aliphatic heterocycles. The number of hydrogen-bond donors (Lipinski definition) is 1. The predicted octanol–water partition coefficient (Wildman–Crippen LogP) is 2.39. The molecule has 1 unspecified atom stereocenters. The average Bonchev–Trinajstić information content (AvgIpc) is 2.31. The van der Waals surface area contributed by atoms with E-state index in [1.807, 2.05) is 20.9 Å². The standard InChI is InChI=1S/C14H27N3/c1-14(2,12-15)8-6-10-17-9-5-4-7-13(17)11-16-3/h13,16H,4-11H2,1-3H3. The summed E-state index contributed by atoms with van der Waals surface area (Å²) in [6.07, 6.45) is 6.17. The van der Waals surface area contributed by atoms with E-state index in [4.69, 9.17) is 5.26 Å². The molecule has 3 heteroatoms. The van der Waals surface area contributed by atoms with Crippen molar-refractivity contribution in [3.8, 4) is 6.07 Å². The highest BCUT2D eigenvalue weighted by molar-refractivity contribution is 4.91. The zero-order valence-corrected chi connectivity index (χ0v) is 11.6. The average molecular weight is 237 g/mol. The number of nitrogens with one attached hydrogen (secondary N) is 1. The van der Waals surface area contributed by atoms with Crippen LogP contribution in [0.25, 0.3) is 0 Å². The Bertz CT molecular complexity index is 253. The SMILES string of the molecule is CNCC1CCCCN1CCCC(C)(C)C#N. The summed E-state index contributed by atoms with van der Waals surface area (Å²) in [5.41, 5.74) is -0.158. The van der Waals surface area contributed by atoms with Crippen molar-refractivity contribution in [2.75, 3.05) is 26.7 Å². The first-order valence-corrected chi connectivity index (χ1v) is 6.89. The van der Waals surface area contributed by atoms with Crippen LogP contribution in [-0.2, 0) is 0 Å². The van der Waals surface area contributed by atoms with Crippen LogP contribution in [0.4, 0.5) is 0 Å². The summed E-state index contributed by atoms with van der Waals surface area (Å²) in [7, 11) is 2.03. The summed E-state index contributed by atoms with van der Waals surface area (Å²) in [5.74, 6) is 0. The number of hydrogen-bond acceptors (Lipinski definition) is 3. The van der Waals surface area contributed by atoms with Crippen molar-refractivity contribution in [3.05, 3.63) is 0 Å². The Labute approximate surface area is 106 Å². The fourth-order valence-electron chi connectivity index (χ4n) is 2.60. The van der Waals surface area contributed by atoms with Crippen molar-refractivity contribution < 1.29 is 0 Å². The van der Waals surface area contributed by atoms with Crippen molar-refractivity contribution in [2.45, 2.75) is 52.0 Å². The van der Waals surface area contributed by atoms with E-state index in [0.717, 1.165) is 25.9 Å². The molecule has 1 heterocycles. The highest BCUT2D eigenvalue weighted by atomic mass is 15.2. The second kappa shape index (κ2) is 6.98. The van der Waals surface area contributed by atoms with Gasteiger partial charge >= 0.3 is 0 Å². The lowest BCUT2D eigenvalue weighted by Gasteiger charge is -2.36. The minimum atomic E-state index is -0.158. The third-order valence-corrected chi connectivity index (χ3v) is 3.74. The van der Waals surface area contributed by atoms with E-state index in [2.05, 4.69) is 16.3 Å². The lowest BCUT2D eigenvalue weighted by molar-refractivity contribution is 0.141. The predicted molar refractivity (Wildman–Crippen MR) is 71.8 cm³/mol. The summed E-state index contributed by atoms with van der Waals surface area (Å²) < 4.78 is 0. The zero-order chi connectivity index (χ0) is 12.7. The molecule has 0 aromatic rings. The molecule has 0 spiro atoms. The van der Waals surface area contributed by atoms with Gasteiger partial charge in [-0.05, 0) is 59.7 Å². The molecule has 0 aromatic heterocycles. The number of likely N-dealkylation sites (N-methyl/N-ethyl adjacent to an activating group) is 1. The number of nitrogens with zero attached hydrogens (tertiary/aromatic N) is 2. The van der Waals surface area contributed by atoms with Gasteiger partial charge in [-0.25, -0.2) is 0 Å². The van der Waals surface area contributed by atoms with Crippen molar-refractivity contribution in [1.82, 2.24) is 10.2 Å². The first-order chi connectivity index (χ1) is 8.09. The first kappa shape index (κ1) is 14.5. The molecule has 1 aliphatic rings. The van der Waals surface area contributed by atoms with E-state index < -0.39 is 0 Å². The van der Waals surface area contributed by atoms with Gasteiger partial charge < -0.3 is 5.32 Å². The molecule has 98 valence electrons. The Balaban J connectivity index is 2.31. The smallest absolute Gasteiger partial charge is 0.0683 e. The summed E-state index contributed by atoms with van der Waals surface area (Å²) in [6, 6.07) is 3.09. The molecule has 1 fully saturated rings. The van der Waals surface area contributed by atoms with Gasteiger partial charge in [-0.15, -0.1) is 0 Å². The van der Waals surface area contributed by atoms with Gasteiger partial charge in [0, 0.05) is 12.6 Å². The van der Waals surface area contributed by atoms with Gasteiger partial charge in [-0.3, -0.25) is 4.90 Å². The number of rotatable bonds is 6. The second-order valence-corrected chi connectivity index (χ2v) is 5.84. The molecule has 1 saturated heterocycles. The van der Waals surface area contributed by atoms with E-state index in [9.17, 15) is 0 Å². The first-order valence-electron chi connectivity index (χ1n) is 6.89. The molecular formula is C14H27N3. The molecule has 1 atom stereocenters. The van der Waals surface area contributed by atoms with Crippen molar-refractivity contribution >= 4 is 0 Å². The van der Waals surface area contributed by atoms with Crippen LogP contribution in [-0.4, -0.2) is 37.6 Å². The highest BCUT2D eigenvalue weighted by Crippen LogP contribution is 2.22. The Morgan fingerprint density at radius 2 is 2.18 bits per heavy atom. The third-order valence-electron chi connectivity index (χ3n) is 3.74. The van der Waals surface area contributed by atoms with E-state index >= 15 is 0 Å². The Morgan fingerprint density at radius 1 is 1.41 bits per heavy atom. The van der Waals surface area contributed by atoms with Crippen molar-refractivity contribution in [2.24, 2.45) is 5.41 Å². The van der Waals surface area contributed by atoms with Crippen molar-refractivity contribution in [1.29, 1.82) is 5.26 Å². The second-order valence-electron chi connectivity index (χ2n) is 5.84. The monoisotopic (exact) mass is 237 g/mol. The largest absolute Gasteiger partial charge is 0.318 e. The normalized spacial score (nSPS) is 22.4. The summed E-state index contributed by atoms with van der Waals surface area (Å²) in [6.45, 7) is 7.56. The van der Waals surface area contributed by atoms with E-state index in [0.29, 0.717) is 6.04 Å². The molecular weight excluding hydrogens is 210 g/mol. The van der Waals surface area contributed by atoms with Crippen LogP contribution in [0.5, 0.6) is 0 Å². The van der Waals surface area contributed by atoms with Gasteiger partial charge in [0.15, 0.2) is 0 Å². The summed E-state index contributed by atoms with van der Waals surface area (Å²) >= 11 is 0. The lowest BCUT2D eigenvalue weighted by Crippen LogP contribution is -2.45. The Hall–Kier alpha value is -0.590. The maximum atomic E-state index is 8.99. The molecule has 3 nitrogen and oxygen atoms in total. The maximum absolute atomic E-state index is 8.99. The molecule has 0 radical (unpaired) electrons. The number of piperidine rings is 1. The van der Waals surface area contributed by atoms with Gasteiger partial charge in [0.05, 0.1) is 11.5 Å². The van der Waals surface area contributed by atoms with E-state index in [1.54, 1.807) is 0 Å². The van der Waals surface area contributed by atoms with Crippen LogP contribution in [0.1, 0.15) is 46.0 Å². The van der Waals surface area contributed by atoms with E-state index in [1.165, 1.54) is 25.8 Å². The van der Waals surface area contributed by atoms with Crippen LogP contribution in [0, 0.1) is 16.7 Å². The fraction of sp³-hybridized carbons (Fsp3) is 0.929. The number of nitriles is 1. The molecule has 17 heavy (non-hydrogen) atoms. The topological polar surface area (TPSA) is 39.1 Å². The molecule has 0 bridgehead atoms. The molecule has 1 rings (SSSR count). The lowest BCUT2D eigenvalue weighted by atomic mass is 9.89. The van der Waals surface area contributed by atoms with Crippen molar-refractivity contribution in [3.63, 3.8) is 0 Å². The minimum absolute atomic E-state index is 0.158. The molecule has 0 aromatic carbocycles. The van der Waals surface area contributed by atoms with Crippen LogP contribution in [0.3, 0.4) is 0 Å². The maximum Gasteiger partial charge on any atom is 0.0683 e. The van der Waals surface area contributed by atoms with Crippen LogP contribution in [0.15, 0.2) is 0 Å². The quantitative estimate of drug-likeness (QED) is 0.771. The Kier molecular flexibility index (Phi) is 5.94. The van der Waals surface area contributed by atoms with Gasteiger partial charge in [-0.1, -0.05) is 6.42 Å². The highest BCUT2D eigenvalue weighted by Gasteiger charge is 2.22. The van der Waals surface area contributed by atoms with Crippen LogP contribution < -0.4 is 5.32 Å². The minimum Gasteiger partial charge on any atom is -0.318 e. The van der Waals surface area contributed by atoms with Crippen LogP contribution >= 0.6 is 0 Å². The molecule has 1 N–H and O–H groups in total. The van der Waals surface area contributed by atoms with Gasteiger partial charge in [0.2, 0.25) is 0 Å². The fourth-order valence-corrected chi connectivity index (χ4v) is 2.60. The third kappa shape index (κ3) is 5.06. The zero-order valence-electron chi connectivity index (χ0n) is 11.6. The van der Waals surface area contributed by atoms with E-state index in [-0.39, 0.29) is 5.41 Å². The van der Waals surface area contributed by atoms with Crippen LogP contribution in [0.2, 0.25) is 0 Å². The Morgan fingerprint density at radius 3 is 2.82 bits per heavy atom. The molecule has 0 amide bonds. The molecule has 0 aliphatic carbocycles. The van der Waals surface area contributed by atoms with Gasteiger partial charge in [0.25, 0.3) is 0 Å². The summed E-state index contributed by atoms with van der Waals surface area (Å²) in [5, 5.41) is 12.3. The summed E-state index contributed by atoms with van der Waals surface area (Å²) in [4.78, 5) is 2.60. The van der Waals surface area contributed by atoms with Gasteiger partial charge in [0.1, 0.15) is 0 Å². The molecule has 0 saturated carbocycles.